The van der Waals surface area contributed by atoms with Gasteiger partial charge in [0.1, 0.15) is 12.1 Å². The fraction of sp³-hybridized carbons (Fsp3) is 0.179. The average Bonchev–Trinajstić information content (AvgIpc) is 2.88. The first-order valence-corrected chi connectivity index (χ1v) is 11.2. The monoisotopic (exact) mass is 467 g/mol. The summed E-state index contributed by atoms with van der Waals surface area (Å²) in [7, 11) is 0. The van der Waals surface area contributed by atoms with Crippen molar-refractivity contribution in [2.75, 3.05) is 25.1 Å². The average molecular weight is 468 g/mol. The van der Waals surface area contributed by atoms with Gasteiger partial charge in [-0.25, -0.2) is 14.8 Å². The van der Waals surface area contributed by atoms with Gasteiger partial charge in [-0.2, -0.15) is 0 Å². The zero-order valence-electron chi connectivity index (χ0n) is 19.3. The number of carboxylic acids is 1. The Morgan fingerprint density at radius 2 is 1.86 bits per heavy atom. The van der Waals surface area contributed by atoms with E-state index >= 15 is 0 Å². The van der Waals surface area contributed by atoms with Crippen LogP contribution in [0.25, 0.3) is 22.0 Å². The summed E-state index contributed by atoms with van der Waals surface area (Å²) >= 11 is 0. The van der Waals surface area contributed by atoms with Gasteiger partial charge < -0.3 is 19.9 Å². The number of nitrogens with one attached hydrogen (secondary N) is 1. The van der Waals surface area contributed by atoms with Gasteiger partial charge in [0.25, 0.3) is 0 Å². The van der Waals surface area contributed by atoms with E-state index < -0.39 is 12.6 Å². The molecule has 35 heavy (non-hydrogen) atoms. The first kappa shape index (κ1) is 23.6. The van der Waals surface area contributed by atoms with Crippen molar-refractivity contribution < 1.29 is 19.4 Å². The van der Waals surface area contributed by atoms with Gasteiger partial charge in [-0.05, 0) is 53.9 Å². The standard InChI is InChI=1S/C28H25N3O4/c1-3-19-14-20-8-5-6-9-21(20)15-22(19)12-13-29-26-16-24(30-18-31-26)23-10-7-11-25(28(23)34-4-2)35-17-27(32)33/h1,5-11,14-16,18H,4,12-13,17H2,2H3,(H,32,33)(H,29,30,31). The highest BCUT2D eigenvalue weighted by molar-refractivity contribution is 5.85. The molecule has 0 unspecified atom stereocenters. The highest BCUT2D eigenvalue weighted by Gasteiger charge is 2.15. The molecule has 1 aromatic heterocycles. The molecular formula is C28H25N3O4. The molecule has 0 radical (unpaired) electrons. The smallest absolute Gasteiger partial charge is 0.341 e. The SMILES string of the molecule is C#Cc1cc2ccccc2cc1CCNc1cc(-c2cccc(OCC(=O)O)c2OCC)ncn1. The lowest BCUT2D eigenvalue weighted by Crippen LogP contribution is -2.11. The van der Waals surface area contributed by atoms with Crippen molar-refractivity contribution in [1.29, 1.82) is 0 Å². The Balaban J connectivity index is 1.52. The maximum absolute atomic E-state index is 10.9. The third-order valence-electron chi connectivity index (χ3n) is 5.39. The number of carbonyl (C=O) groups is 1. The van der Waals surface area contributed by atoms with Crippen molar-refractivity contribution in [2.45, 2.75) is 13.3 Å². The Morgan fingerprint density at radius 3 is 2.60 bits per heavy atom. The predicted octanol–water partition coefficient (Wildman–Crippen LogP) is 4.79. The van der Waals surface area contributed by atoms with Crippen LogP contribution in [0.2, 0.25) is 0 Å². The number of ether oxygens (including phenoxy) is 2. The number of fused-ring (bicyclic) bond motifs is 1. The summed E-state index contributed by atoms with van der Waals surface area (Å²) in [6.07, 6.45) is 7.95. The van der Waals surface area contributed by atoms with E-state index in [0.717, 1.165) is 28.3 Å². The fourth-order valence-corrected chi connectivity index (χ4v) is 3.82. The van der Waals surface area contributed by atoms with Crippen molar-refractivity contribution in [3.05, 3.63) is 78.1 Å². The molecule has 0 bridgehead atoms. The molecule has 0 aliphatic carbocycles. The largest absolute Gasteiger partial charge is 0.489 e. The first-order valence-electron chi connectivity index (χ1n) is 11.2. The molecule has 7 nitrogen and oxygen atoms in total. The van der Waals surface area contributed by atoms with Gasteiger partial charge >= 0.3 is 5.97 Å². The minimum absolute atomic E-state index is 0.345. The van der Waals surface area contributed by atoms with Crippen molar-refractivity contribution in [1.82, 2.24) is 9.97 Å². The van der Waals surface area contributed by atoms with Gasteiger partial charge in [0, 0.05) is 23.7 Å². The normalized spacial score (nSPS) is 10.5. The molecule has 4 aromatic rings. The minimum atomic E-state index is -1.06. The maximum Gasteiger partial charge on any atom is 0.341 e. The van der Waals surface area contributed by atoms with Crippen molar-refractivity contribution in [3.8, 4) is 35.1 Å². The van der Waals surface area contributed by atoms with Crippen molar-refractivity contribution in [2.24, 2.45) is 0 Å². The van der Waals surface area contributed by atoms with Gasteiger partial charge in [-0.15, -0.1) is 6.42 Å². The lowest BCUT2D eigenvalue weighted by Gasteiger charge is -2.15. The van der Waals surface area contributed by atoms with Crippen LogP contribution >= 0.6 is 0 Å². The third-order valence-corrected chi connectivity index (χ3v) is 5.39. The summed E-state index contributed by atoms with van der Waals surface area (Å²) in [5, 5.41) is 14.6. The second kappa shape index (κ2) is 11.0. The Hall–Kier alpha value is -4.57. The summed E-state index contributed by atoms with van der Waals surface area (Å²) in [6, 6.07) is 19.4. The number of benzene rings is 3. The van der Waals surface area contributed by atoms with Crippen LogP contribution < -0.4 is 14.8 Å². The van der Waals surface area contributed by atoms with E-state index in [1.807, 2.05) is 37.3 Å². The minimum Gasteiger partial charge on any atom is -0.489 e. The topological polar surface area (TPSA) is 93.6 Å². The number of hydrogen-bond acceptors (Lipinski definition) is 6. The summed E-state index contributed by atoms with van der Waals surface area (Å²) in [4.78, 5) is 19.7. The lowest BCUT2D eigenvalue weighted by molar-refractivity contribution is -0.139. The molecule has 0 saturated heterocycles. The number of nitrogens with zero attached hydrogens (tertiary/aromatic N) is 2. The number of carboxylic acid groups (broad SMARTS) is 1. The van der Waals surface area contributed by atoms with Crippen LogP contribution in [0.5, 0.6) is 11.5 Å². The fourth-order valence-electron chi connectivity index (χ4n) is 3.82. The summed E-state index contributed by atoms with van der Waals surface area (Å²) in [5.74, 6) is 3.16. The van der Waals surface area contributed by atoms with Gasteiger partial charge in [0.15, 0.2) is 18.1 Å². The van der Waals surface area contributed by atoms with Crippen LogP contribution in [-0.2, 0) is 11.2 Å². The van der Waals surface area contributed by atoms with E-state index in [9.17, 15) is 4.79 Å². The summed E-state index contributed by atoms with van der Waals surface area (Å²) < 4.78 is 11.2. The number of hydrogen-bond donors (Lipinski definition) is 2. The molecule has 0 atom stereocenters. The lowest BCUT2D eigenvalue weighted by atomic mass is 9.99. The first-order chi connectivity index (χ1) is 17.1. The predicted molar refractivity (Wildman–Crippen MR) is 136 cm³/mol. The molecule has 176 valence electrons. The molecule has 0 fully saturated rings. The van der Waals surface area contributed by atoms with Crippen molar-refractivity contribution >= 4 is 22.6 Å². The van der Waals surface area contributed by atoms with Crippen LogP contribution in [0, 0.1) is 12.3 Å². The molecule has 0 spiro atoms. The van der Waals surface area contributed by atoms with Gasteiger partial charge in [0.05, 0.1) is 12.3 Å². The highest BCUT2D eigenvalue weighted by atomic mass is 16.5. The second-order valence-electron chi connectivity index (χ2n) is 7.71. The van der Waals surface area contributed by atoms with Crippen LogP contribution in [0.4, 0.5) is 5.82 Å². The number of aromatic nitrogens is 2. The zero-order chi connectivity index (χ0) is 24.6. The zero-order valence-corrected chi connectivity index (χ0v) is 19.3. The molecule has 7 heteroatoms. The van der Waals surface area contributed by atoms with Gasteiger partial charge in [0.2, 0.25) is 0 Å². The van der Waals surface area contributed by atoms with E-state index in [1.54, 1.807) is 12.1 Å². The van der Waals surface area contributed by atoms with Crippen LogP contribution in [0.15, 0.2) is 67.0 Å². The number of anilines is 1. The summed E-state index contributed by atoms with van der Waals surface area (Å²) in [5.41, 5.74) is 3.29. The highest BCUT2D eigenvalue weighted by Crippen LogP contribution is 2.37. The van der Waals surface area contributed by atoms with Crippen LogP contribution in [0.3, 0.4) is 0 Å². The number of para-hydroxylation sites is 1. The molecule has 0 aliphatic rings. The molecule has 1 heterocycles. The molecule has 0 amide bonds. The molecule has 4 rings (SSSR count). The van der Waals surface area contributed by atoms with E-state index in [1.165, 1.54) is 6.33 Å². The van der Waals surface area contributed by atoms with Gasteiger partial charge in [-0.3, -0.25) is 0 Å². The Kier molecular flexibility index (Phi) is 7.44. The van der Waals surface area contributed by atoms with Crippen molar-refractivity contribution in [3.63, 3.8) is 0 Å². The van der Waals surface area contributed by atoms with Crippen LogP contribution in [-0.4, -0.2) is 40.8 Å². The van der Waals surface area contributed by atoms with Gasteiger partial charge in [-0.1, -0.05) is 36.3 Å². The molecule has 2 N–H and O–H groups in total. The molecule has 3 aromatic carbocycles. The molecular weight excluding hydrogens is 442 g/mol. The third kappa shape index (κ3) is 5.68. The molecule has 0 saturated carbocycles. The Morgan fingerprint density at radius 1 is 1.06 bits per heavy atom. The Bertz CT molecular complexity index is 1390. The van der Waals surface area contributed by atoms with E-state index in [-0.39, 0.29) is 0 Å². The maximum atomic E-state index is 10.9. The van der Waals surface area contributed by atoms with E-state index in [0.29, 0.717) is 41.7 Å². The molecule has 0 aliphatic heterocycles. The summed E-state index contributed by atoms with van der Waals surface area (Å²) in [6.45, 7) is 2.40. The Labute approximate surface area is 203 Å². The second-order valence-corrected chi connectivity index (χ2v) is 7.71. The number of terminal acetylenes is 1. The van der Waals surface area contributed by atoms with Crippen LogP contribution in [0.1, 0.15) is 18.1 Å². The van der Waals surface area contributed by atoms with E-state index in [4.69, 9.17) is 21.0 Å². The van der Waals surface area contributed by atoms with E-state index in [2.05, 4.69) is 39.4 Å². The quantitative estimate of drug-likeness (QED) is 0.324. The number of rotatable bonds is 10. The number of aliphatic carboxylic acids is 1.